The van der Waals surface area contributed by atoms with E-state index in [0.29, 0.717) is 0 Å². The van der Waals surface area contributed by atoms with E-state index >= 15 is 0 Å². The Morgan fingerprint density at radius 1 is 0.846 bits per heavy atom. The van der Waals surface area contributed by atoms with Gasteiger partial charge in [0, 0.05) is 0 Å². The zero-order chi connectivity index (χ0) is 9.78. The molecule has 13 heavy (non-hydrogen) atoms. The van der Waals surface area contributed by atoms with E-state index in [2.05, 4.69) is 13.2 Å². The van der Waals surface area contributed by atoms with Crippen LogP contribution in [0.5, 0.6) is 0 Å². The molecule has 0 heterocycles. The van der Waals surface area contributed by atoms with E-state index in [9.17, 15) is 0 Å². The fourth-order valence-electron chi connectivity index (χ4n) is 0.642. The summed E-state index contributed by atoms with van der Waals surface area (Å²) in [6.07, 6.45) is 0. The molecule has 0 unspecified atom stereocenters. The van der Waals surface area contributed by atoms with Gasteiger partial charge in [-0.3, -0.25) is 0 Å². The second-order valence-electron chi connectivity index (χ2n) is 2.00. The molecule has 70 valence electrons. The van der Waals surface area contributed by atoms with Gasteiger partial charge in [-0.25, -0.2) is 24.3 Å². The molecule has 2 rings (SSSR count). The Balaban J connectivity index is 0.000000174. The summed E-state index contributed by atoms with van der Waals surface area (Å²) in [6, 6.07) is 20.0. The Morgan fingerprint density at radius 2 is 1.08 bits per heavy atom. The van der Waals surface area contributed by atoms with Gasteiger partial charge in [0.25, 0.3) is 0 Å². The topological polar surface area (TPSA) is 0 Å². The van der Waals surface area contributed by atoms with E-state index in [4.69, 9.17) is 9.30 Å². The SMILES string of the molecule is [Cl][Ti][Br].c1cc[cH-]c1.c1cc[cH-]c1. The molecule has 2 aromatic rings. The van der Waals surface area contributed by atoms with Crippen LogP contribution < -0.4 is 0 Å². The van der Waals surface area contributed by atoms with Gasteiger partial charge in [0.2, 0.25) is 0 Å². The van der Waals surface area contributed by atoms with Crippen LogP contribution in [0.2, 0.25) is 0 Å². The fraction of sp³-hybridized carbons (Fsp3) is 0. The van der Waals surface area contributed by atoms with Crippen LogP contribution in [-0.2, 0) is 16.0 Å². The quantitative estimate of drug-likeness (QED) is 0.500. The third-order valence-corrected chi connectivity index (χ3v) is 1.11. The van der Waals surface area contributed by atoms with Crippen molar-refractivity contribution in [3.63, 3.8) is 0 Å². The number of rotatable bonds is 0. The fourth-order valence-corrected chi connectivity index (χ4v) is 0.642. The Bertz CT molecular complexity index is 167. The van der Waals surface area contributed by atoms with E-state index in [1.165, 1.54) is 0 Å². The van der Waals surface area contributed by atoms with Gasteiger partial charge in [-0.15, -0.1) is 0 Å². The minimum atomic E-state index is -0.215. The first kappa shape index (κ1) is 13.2. The maximum absolute atomic E-state index is 5.04. The summed E-state index contributed by atoms with van der Waals surface area (Å²) < 4.78 is 0. The van der Waals surface area contributed by atoms with E-state index < -0.39 is 0 Å². The molecule has 3 heteroatoms. The molecule has 0 fully saturated rings. The molecule has 0 saturated heterocycles. The van der Waals surface area contributed by atoms with Gasteiger partial charge >= 0.3 is 38.5 Å². The van der Waals surface area contributed by atoms with Crippen LogP contribution in [0, 0.1) is 0 Å². The minimum absolute atomic E-state index is 0.215. The summed E-state index contributed by atoms with van der Waals surface area (Å²) in [7, 11) is 5.04. The Kier molecular flexibility index (Phi) is 12.4. The zero-order valence-corrected chi connectivity index (χ0v) is 10.9. The van der Waals surface area contributed by atoms with Crippen molar-refractivity contribution < 1.29 is 16.0 Å². The Labute approximate surface area is 98.5 Å². The standard InChI is InChI=1S/2C5H5.BrH.ClH.Ti/c2*1-2-4-5-3-1;;;/h2*1-5H;2*1H;/q2*-1;;;+2/p-2. The van der Waals surface area contributed by atoms with Crippen molar-refractivity contribution in [3.05, 3.63) is 60.7 Å². The van der Waals surface area contributed by atoms with Gasteiger partial charge in [-0.1, -0.05) is 0 Å². The molecule has 0 nitrogen and oxygen atoms in total. The molecule has 0 aliphatic rings. The van der Waals surface area contributed by atoms with Crippen molar-refractivity contribution in [2.24, 2.45) is 0 Å². The molecule has 0 bridgehead atoms. The number of halogens is 2. The van der Waals surface area contributed by atoms with Crippen molar-refractivity contribution in [3.8, 4) is 0 Å². The van der Waals surface area contributed by atoms with Gasteiger partial charge in [-0.05, 0) is 0 Å². The summed E-state index contributed by atoms with van der Waals surface area (Å²) in [5.41, 5.74) is 0. The first-order valence-electron chi connectivity index (χ1n) is 3.71. The van der Waals surface area contributed by atoms with E-state index in [-0.39, 0.29) is 16.0 Å². The van der Waals surface area contributed by atoms with Crippen molar-refractivity contribution in [1.82, 2.24) is 0 Å². The summed E-state index contributed by atoms with van der Waals surface area (Å²) in [6.45, 7) is 0. The molecule has 0 atom stereocenters. The van der Waals surface area contributed by atoms with Crippen molar-refractivity contribution in [2.75, 3.05) is 0 Å². The van der Waals surface area contributed by atoms with Crippen LogP contribution in [0.25, 0.3) is 0 Å². The van der Waals surface area contributed by atoms with Gasteiger partial charge in [0.05, 0.1) is 0 Å². The first-order valence-corrected chi connectivity index (χ1v) is 9.72. The largest absolute Gasteiger partial charge is 0.214 e. The first-order chi connectivity index (χ1) is 6.41. The van der Waals surface area contributed by atoms with E-state index in [1.807, 2.05) is 60.7 Å². The van der Waals surface area contributed by atoms with Crippen LogP contribution in [-0.4, -0.2) is 0 Å². The van der Waals surface area contributed by atoms with Gasteiger partial charge in [-0.2, -0.15) is 36.4 Å². The van der Waals surface area contributed by atoms with Crippen molar-refractivity contribution >= 4 is 22.5 Å². The molecule has 0 N–H and O–H groups in total. The molecule has 0 aliphatic heterocycles. The average Bonchev–Trinajstić information content (AvgIpc) is 2.85. The molecular formula is C10H10BrClTi-2. The summed E-state index contributed by atoms with van der Waals surface area (Å²) in [5.74, 6) is 0. The number of hydrogen-bond acceptors (Lipinski definition) is 0. The third kappa shape index (κ3) is 12.2. The van der Waals surface area contributed by atoms with Gasteiger partial charge in [0.1, 0.15) is 0 Å². The molecular weight excluding hydrogens is 283 g/mol. The number of hydrogen-bond donors (Lipinski definition) is 0. The molecule has 2 aromatic carbocycles. The minimum Gasteiger partial charge on any atom is -0.214 e. The zero-order valence-electron chi connectivity index (χ0n) is 7.03. The maximum atomic E-state index is 5.04. The van der Waals surface area contributed by atoms with Crippen LogP contribution in [0.3, 0.4) is 0 Å². The Hall–Kier alpha value is 0.184. The normalized spacial score (nSPS) is 7.23. The summed E-state index contributed by atoms with van der Waals surface area (Å²) in [5, 5.41) is 0. The molecule has 0 radical (unpaired) electrons. The summed E-state index contributed by atoms with van der Waals surface area (Å²) in [4.78, 5) is 0. The molecule has 0 amide bonds. The van der Waals surface area contributed by atoms with Crippen molar-refractivity contribution in [1.29, 1.82) is 0 Å². The molecule has 0 saturated carbocycles. The monoisotopic (exact) mass is 292 g/mol. The van der Waals surface area contributed by atoms with E-state index in [1.54, 1.807) is 0 Å². The van der Waals surface area contributed by atoms with Crippen LogP contribution in [0.1, 0.15) is 0 Å². The molecule has 0 spiro atoms. The maximum Gasteiger partial charge on any atom is -0.172 e. The van der Waals surface area contributed by atoms with Crippen molar-refractivity contribution in [2.45, 2.75) is 0 Å². The second kappa shape index (κ2) is 12.2. The predicted molar refractivity (Wildman–Crippen MR) is 58.9 cm³/mol. The predicted octanol–water partition coefficient (Wildman–Crippen LogP) is 4.34. The second-order valence-corrected chi connectivity index (χ2v) is 6.52. The average molecular weight is 293 g/mol. The van der Waals surface area contributed by atoms with E-state index in [0.717, 1.165) is 0 Å². The van der Waals surface area contributed by atoms with Crippen LogP contribution in [0.15, 0.2) is 60.7 Å². The van der Waals surface area contributed by atoms with Gasteiger partial charge in [0.15, 0.2) is 0 Å². The Morgan fingerprint density at radius 3 is 1.15 bits per heavy atom. The third-order valence-electron chi connectivity index (χ3n) is 1.11. The summed E-state index contributed by atoms with van der Waals surface area (Å²) >= 11 is 2.82. The molecule has 0 aromatic heterocycles. The van der Waals surface area contributed by atoms with Gasteiger partial charge < -0.3 is 0 Å². The smallest absolute Gasteiger partial charge is 0.172 e. The van der Waals surface area contributed by atoms with Crippen LogP contribution in [0.4, 0.5) is 0 Å². The molecule has 0 aliphatic carbocycles. The van der Waals surface area contributed by atoms with Crippen LogP contribution >= 0.6 is 22.5 Å².